The molecule has 1 aromatic rings. The fraction of sp³-hybridized carbons (Fsp3) is 0.767. The monoisotopic (exact) mass is 474 g/mol. The van der Waals surface area contributed by atoms with Crippen LogP contribution in [0.5, 0.6) is 0 Å². The van der Waals surface area contributed by atoms with Crippen molar-refractivity contribution in [1.29, 1.82) is 0 Å². The van der Waals surface area contributed by atoms with Crippen LogP contribution in [-0.4, -0.2) is 27.5 Å². The van der Waals surface area contributed by atoms with E-state index in [4.69, 9.17) is 0 Å². The average molecular weight is 475 g/mol. The number of carbonyl (C=O) groups is 1. The molecule has 1 aromatic heterocycles. The first-order valence-corrected chi connectivity index (χ1v) is 13.5. The van der Waals surface area contributed by atoms with Crippen molar-refractivity contribution in [3.63, 3.8) is 0 Å². The predicted octanol–water partition coefficient (Wildman–Crippen LogP) is 8.46. The lowest BCUT2D eigenvalue weighted by Crippen LogP contribution is -2.13. The highest BCUT2D eigenvalue weighted by molar-refractivity contribution is 5.94. The maximum Gasteiger partial charge on any atom is 0.182 e. The summed E-state index contributed by atoms with van der Waals surface area (Å²) in [5, 5.41) is 9.36. The van der Waals surface area contributed by atoms with Gasteiger partial charge in [-0.05, 0) is 55.9 Å². The van der Waals surface area contributed by atoms with E-state index in [1.165, 1.54) is 31.3 Å². The Labute approximate surface area is 211 Å². The zero-order valence-corrected chi connectivity index (χ0v) is 24.0. The third-order valence-corrected chi connectivity index (χ3v) is 6.58. The van der Waals surface area contributed by atoms with Crippen molar-refractivity contribution in [1.82, 2.24) is 9.97 Å². The topological polar surface area (TPSA) is 63.1 Å². The molecule has 1 unspecified atom stereocenters. The standard InChI is InChI=1S/C22H36N2O2.C4H8.C4H10/c1-15(2)18(14-25)10-8-9-11-21(26)20-13-23-19(17(4)24-20)12-16(3)22(5,6)7;1-4-2-3-4;1-3-4-2/h12-13,15,18,25H,8-11,14H2,1-7H3;4H,2-3H2,1H3;3-4H2,1-2H3/b16-12+;;. The van der Waals surface area contributed by atoms with Gasteiger partial charge in [0.15, 0.2) is 5.78 Å². The molecule has 0 bridgehead atoms. The van der Waals surface area contributed by atoms with Crippen LogP contribution in [0.4, 0.5) is 0 Å². The molecule has 1 fully saturated rings. The van der Waals surface area contributed by atoms with Crippen LogP contribution >= 0.6 is 0 Å². The summed E-state index contributed by atoms with van der Waals surface area (Å²) >= 11 is 0. The Morgan fingerprint density at radius 2 is 1.74 bits per heavy atom. The highest BCUT2D eigenvalue weighted by Crippen LogP contribution is 2.27. The summed E-state index contributed by atoms with van der Waals surface area (Å²) in [5.41, 5.74) is 3.40. The lowest BCUT2D eigenvalue weighted by atomic mass is 9.87. The number of hydrogen-bond donors (Lipinski definition) is 1. The van der Waals surface area contributed by atoms with Gasteiger partial charge in [-0.25, -0.2) is 4.98 Å². The molecule has 1 saturated carbocycles. The Morgan fingerprint density at radius 1 is 1.18 bits per heavy atom. The maximum atomic E-state index is 12.4. The van der Waals surface area contributed by atoms with Crippen LogP contribution in [0.3, 0.4) is 0 Å². The minimum atomic E-state index is 0.0498. The summed E-state index contributed by atoms with van der Waals surface area (Å²) < 4.78 is 0. The molecule has 34 heavy (non-hydrogen) atoms. The molecule has 1 heterocycles. The van der Waals surface area contributed by atoms with Crippen LogP contribution in [0, 0.1) is 30.1 Å². The molecule has 0 saturated heterocycles. The third-order valence-electron chi connectivity index (χ3n) is 6.58. The summed E-state index contributed by atoms with van der Waals surface area (Å²) in [4.78, 5) is 21.3. The highest BCUT2D eigenvalue weighted by atomic mass is 16.3. The van der Waals surface area contributed by atoms with Gasteiger partial charge in [0.25, 0.3) is 0 Å². The number of aliphatic hydroxyl groups is 1. The Balaban J connectivity index is 0.00000115. The van der Waals surface area contributed by atoms with Crippen LogP contribution in [0.2, 0.25) is 0 Å². The smallest absolute Gasteiger partial charge is 0.182 e. The van der Waals surface area contributed by atoms with Gasteiger partial charge < -0.3 is 5.11 Å². The Bertz CT molecular complexity index is 726. The average Bonchev–Trinajstić information content (AvgIpc) is 3.56. The van der Waals surface area contributed by atoms with Crippen LogP contribution in [-0.2, 0) is 0 Å². The Kier molecular flexibility index (Phi) is 16.2. The number of ketones is 1. The molecule has 0 aliphatic heterocycles. The number of aromatic nitrogens is 2. The van der Waals surface area contributed by atoms with Gasteiger partial charge in [0.1, 0.15) is 5.69 Å². The maximum absolute atomic E-state index is 12.4. The van der Waals surface area contributed by atoms with E-state index in [2.05, 4.69) is 78.4 Å². The number of rotatable bonds is 10. The lowest BCUT2D eigenvalue weighted by Gasteiger charge is -2.19. The molecular weight excluding hydrogens is 420 g/mol. The van der Waals surface area contributed by atoms with Crippen molar-refractivity contribution in [2.45, 2.75) is 121 Å². The molecule has 1 aliphatic carbocycles. The number of hydrogen-bond acceptors (Lipinski definition) is 4. The molecule has 1 N–H and O–H groups in total. The van der Waals surface area contributed by atoms with Gasteiger partial charge in [0, 0.05) is 13.0 Å². The fourth-order valence-electron chi connectivity index (χ4n) is 2.81. The van der Waals surface area contributed by atoms with Gasteiger partial charge in [0.05, 0.1) is 17.6 Å². The summed E-state index contributed by atoms with van der Waals surface area (Å²) in [5.74, 6) is 1.93. The number of aryl methyl sites for hydroxylation is 1. The van der Waals surface area contributed by atoms with E-state index in [1.54, 1.807) is 6.20 Å². The highest BCUT2D eigenvalue weighted by Gasteiger charge is 2.16. The van der Waals surface area contributed by atoms with E-state index in [0.717, 1.165) is 36.6 Å². The van der Waals surface area contributed by atoms with E-state index < -0.39 is 0 Å². The second-order valence-electron chi connectivity index (χ2n) is 11.3. The molecule has 196 valence electrons. The van der Waals surface area contributed by atoms with Crippen molar-refractivity contribution in [2.75, 3.05) is 6.61 Å². The van der Waals surface area contributed by atoms with Crippen LogP contribution in [0.1, 0.15) is 136 Å². The first-order valence-electron chi connectivity index (χ1n) is 13.5. The number of nitrogens with zero attached hydrogens (tertiary/aromatic N) is 2. The largest absolute Gasteiger partial charge is 0.396 e. The molecule has 1 aliphatic rings. The van der Waals surface area contributed by atoms with Crippen LogP contribution in [0.25, 0.3) is 6.08 Å². The van der Waals surface area contributed by atoms with Crippen molar-refractivity contribution in [3.8, 4) is 0 Å². The molecule has 2 rings (SSSR count). The van der Waals surface area contributed by atoms with E-state index in [1.807, 2.05) is 6.92 Å². The van der Waals surface area contributed by atoms with E-state index >= 15 is 0 Å². The third kappa shape index (κ3) is 14.7. The number of unbranched alkanes of at least 4 members (excludes halogenated alkanes) is 2. The molecule has 0 aromatic carbocycles. The first kappa shape index (κ1) is 32.5. The van der Waals surface area contributed by atoms with Crippen LogP contribution < -0.4 is 0 Å². The first-order chi connectivity index (χ1) is 15.9. The lowest BCUT2D eigenvalue weighted by molar-refractivity contribution is 0.0972. The van der Waals surface area contributed by atoms with Gasteiger partial charge in [-0.1, -0.05) is 93.1 Å². The second-order valence-corrected chi connectivity index (χ2v) is 11.3. The second kappa shape index (κ2) is 17.0. The molecule has 4 heteroatoms. The van der Waals surface area contributed by atoms with Gasteiger partial charge >= 0.3 is 0 Å². The molecule has 0 spiro atoms. The zero-order chi connectivity index (χ0) is 26.3. The molecule has 4 nitrogen and oxygen atoms in total. The molecule has 0 amide bonds. The van der Waals surface area contributed by atoms with Crippen molar-refractivity contribution in [2.24, 2.45) is 23.2 Å². The molecule has 1 atom stereocenters. The number of allylic oxidation sites excluding steroid dienone is 1. The van der Waals surface area contributed by atoms with Gasteiger partial charge in [-0.15, -0.1) is 0 Å². The molecular formula is C30H54N2O2. The minimum absolute atomic E-state index is 0.0498. The van der Waals surface area contributed by atoms with Crippen molar-refractivity contribution < 1.29 is 9.90 Å². The SMILES string of the molecule is C/C(=C\c1ncc(C(=O)CCCCC(CO)C(C)C)nc1C)C(C)(C)C.CC1CC1.CCCC. The van der Waals surface area contributed by atoms with Gasteiger partial charge in [0.2, 0.25) is 0 Å². The minimum Gasteiger partial charge on any atom is -0.396 e. The van der Waals surface area contributed by atoms with Crippen LogP contribution in [0.15, 0.2) is 11.8 Å². The van der Waals surface area contributed by atoms with Gasteiger partial charge in [-0.2, -0.15) is 0 Å². The quantitative estimate of drug-likeness (QED) is 0.273. The van der Waals surface area contributed by atoms with Gasteiger partial charge in [-0.3, -0.25) is 9.78 Å². The van der Waals surface area contributed by atoms with E-state index in [-0.39, 0.29) is 17.8 Å². The summed E-state index contributed by atoms with van der Waals surface area (Å²) in [6.45, 7) is 21.6. The normalized spacial score (nSPS) is 14.6. The summed E-state index contributed by atoms with van der Waals surface area (Å²) in [6.07, 6.45) is 12.5. The Hall–Kier alpha value is -1.55. The predicted molar refractivity (Wildman–Crippen MR) is 147 cm³/mol. The van der Waals surface area contributed by atoms with E-state index in [0.29, 0.717) is 24.0 Å². The number of aliphatic hydroxyl groups excluding tert-OH is 1. The van der Waals surface area contributed by atoms with E-state index in [9.17, 15) is 9.90 Å². The molecule has 0 radical (unpaired) electrons. The zero-order valence-electron chi connectivity index (χ0n) is 24.0. The summed E-state index contributed by atoms with van der Waals surface area (Å²) in [6, 6.07) is 0. The number of Topliss-reactive ketones (excluding diaryl/α,β-unsaturated/α-hetero) is 1. The Morgan fingerprint density at radius 3 is 2.12 bits per heavy atom. The number of carbonyl (C=O) groups excluding carboxylic acids is 1. The fourth-order valence-corrected chi connectivity index (χ4v) is 2.81. The summed E-state index contributed by atoms with van der Waals surface area (Å²) in [7, 11) is 0. The van der Waals surface area contributed by atoms with Crippen molar-refractivity contribution in [3.05, 3.63) is 28.9 Å². The van der Waals surface area contributed by atoms with Crippen molar-refractivity contribution >= 4 is 11.9 Å².